The molecule has 4 heterocycles. The van der Waals surface area contributed by atoms with E-state index in [1.807, 2.05) is 0 Å². The van der Waals surface area contributed by atoms with Crippen molar-refractivity contribution in [2.75, 3.05) is 13.2 Å². The second kappa shape index (κ2) is 16.1. The Balaban J connectivity index is 1.31. The molecule has 55 heavy (non-hydrogen) atoms. The maximum absolute atomic E-state index is 14.0. The molecular weight excluding hydrogens is 748 g/mol. The number of phenols is 2. The molecule has 3 saturated heterocycles. The van der Waals surface area contributed by atoms with Crippen LogP contribution in [0.2, 0.25) is 0 Å². The molecule has 3 aliphatic rings. The first-order valence-electron chi connectivity index (χ1n) is 16.5. The van der Waals surface area contributed by atoms with Gasteiger partial charge in [-0.2, -0.15) is 0 Å². The lowest BCUT2D eigenvalue weighted by molar-refractivity contribution is -0.323. The van der Waals surface area contributed by atoms with Gasteiger partial charge >= 0.3 is 5.97 Å². The van der Waals surface area contributed by atoms with E-state index in [9.17, 15) is 76.0 Å². The molecule has 1 aromatic heterocycles. The van der Waals surface area contributed by atoms with Crippen molar-refractivity contribution in [1.82, 2.24) is 0 Å². The lowest BCUT2D eigenvalue weighted by atomic mass is 9.98. The zero-order valence-corrected chi connectivity index (χ0v) is 28.0. The van der Waals surface area contributed by atoms with Crippen LogP contribution in [0, 0.1) is 0 Å². The lowest BCUT2D eigenvalue weighted by Crippen LogP contribution is -2.62. The Morgan fingerprint density at radius 3 is 1.85 bits per heavy atom. The summed E-state index contributed by atoms with van der Waals surface area (Å²) in [4.78, 5) is 25.6. The van der Waals surface area contributed by atoms with Crippen LogP contribution in [0.4, 0.5) is 0 Å². The van der Waals surface area contributed by atoms with Crippen LogP contribution in [-0.4, -0.2) is 178 Å². The van der Waals surface area contributed by atoms with Crippen molar-refractivity contribution in [3.63, 3.8) is 0 Å². The van der Waals surface area contributed by atoms with Gasteiger partial charge in [0.05, 0.1) is 13.2 Å². The van der Waals surface area contributed by atoms with E-state index in [0.29, 0.717) is 0 Å². The SMILES string of the molecule is O=C(O)[C@H]1O[C@@H](Oc2cc(O)c3c(=O)c(O[C@@H]4O[C@@H](CO[C@@H]5O[C@@H](CO)[C@H](O)[C@H](O)[C@H]5O)[C@H](O)[C@H](O)[C@@H]4O)c(-c4ccc(O)cc4)oc3c2)[C@@H](O)[C@H](O)[C@H]1O. The van der Waals surface area contributed by atoms with Gasteiger partial charge in [0.2, 0.25) is 23.8 Å². The van der Waals surface area contributed by atoms with Crippen molar-refractivity contribution in [2.24, 2.45) is 0 Å². The van der Waals surface area contributed by atoms with Crippen LogP contribution in [0.3, 0.4) is 0 Å². The molecule has 22 nitrogen and oxygen atoms in total. The molecule has 22 heteroatoms. The van der Waals surface area contributed by atoms with Crippen LogP contribution < -0.4 is 14.9 Å². The number of phenolic OH excluding ortho intramolecular Hbond substituents is 2. The molecule has 6 rings (SSSR count). The summed E-state index contributed by atoms with van der Waals surface area (Å²) in [5.41, 5.74) is -1.47. The van der Waals surface area contributed by atoms with E-state index in [-0.39, 0.29) is 17.1 Å². The van der Waals surface area contributed by atoms with Crippen LogP contribution in [0.25, 0.3) is 22.3 Å². The molecule has 0 radical (unpaired) electrons. The highest BCUT2D eigenvalue weighted by Crippen LogP contribution is 2.39. The maximum Gasteiger partial charge on any atom is 0.335 e. The minimum absolute atomic E-state index is 0.0541. The first kappa shape index (κ1) is 40.4. The number of aliphatic hydroxyl groups excluding tert-OH is 10. The van der Waals surface area contributed by atoms with Gasteiger partial charge in [-0.15, -0.1) is 0 Å². The summed E-state index contributed by atoms with van der Waals surface area (Å²) in [6, 6.07) is 6.84. The van der Waals surface area contributed by atoms with E-state index in [2.05, 4.69) is 0 Å². The molecule has 0 spiro atoms. The fraction of sp³-hybridized carbons (Fsp3) is 0.515. The van der Waals surface area contributed by atoms with E-state index in [4.69, 9.17) is 32.8 Å². The van der Waals surface area contributed by atoms with Crippen molar-refractivity contribution in [2.45, 2.75) is 92.1 Å². The van der Waals surface area contributed by atoms with Crippen molar-refractivity contribution in [3.8, 4) is 34.3 Å². The molecule has 302 valence electrons. The number of hydrogen-bond acceptors (Lipinski definition) is 21. The fourth-order valence-electron chi connectivity index (χ4n) is 6.18. The van der Waals surface area contributed by atoms with Gasteiger partial charge in [-0.3, -0.25) is 4.79 Å². The number of aliphatic carboxylic acids is 1. The van der Waals surface area contributed by atoms with Gasteiger partial charge in [0, 0.05) is 17.7 Å². The quantitative estimate of drug-likeness (QED) is 0.0916. The van der Waals surface area contributed by atoms with Gasteiger partial charge in [-0.05, 0) is 24.3 Å². The fourth-order valence-corrected chi connectivity index (χ4v) is 6.18. The zero-order valence-electron chi connectivity index (χ0n) is 28.0. The molecule has 3 aromatic rings. The van der Waals surface area contributed by atoms with Crippen LogP contribution in [0.1, 0.15) is 0 Å². The van der Waals surface area contributed by atoms with E-state index in [0.717, 1.165) is 12.1 Å². The second-order valence-electron chi connectivity index (χ2n) is 13.0. The summed E-state index contributed by atoms with van der Waals surface area (Å²) in [7, 11) is 0. The van der Waals surface area contributed by atoms with E-state index in [1.165, 1.54) is 24.3 Å². The Hall–Kier alpha value is -4.24. The number of aliphatic hydroxyl groups is 10. The normalized spacial score (nSPS) is 36.7. The Labute approximate surface area is 307 Å². The molecule has 0 amide bonds. The first-order valence-corrected chi connectivity index (χ1v) is 16.5. The van der Waals surface area contributed by atoms with Crippen molar-refractivity contribution in [1.29, 1.82) is 0 Å². The summed E-state index contributed by atoms with van der Waals surface area (Å²) in [5.74, 6) is -4.27. The van der Waals surface area contributed by atoms with Crippen molar-refractivity contribution < 1.29 is 104 Å². The average molecular weight is 787 g/mol. The number of aromatic hydroxyl groups is 2. The summed E-state index contributed by atoms with van der Waals surface area (Å²) < 4.78 is 38.6. The Morgan fingerprint density at radius 1 is 0.673 bits per heavy atom. The highest BCUT2D eigenvalue weighted by Gasteiger charge is 2.50. The summed E-state index contributed by atoms with van der Waals surface area (Å²) in [6.45, 7) is -1.49. The Bertz CT molecular complexity index is 1880. The average Bonchev–Trinajstić information content (AvgIpc) is 3.15. The van der Waals surface area contributed by atoms with E-state index in [1.54, 1.807) is 0 Å². The van der Waals surface area contributed by atoms with Gasteiger partial charge < -0.3 is 99.2 Å². The van der Waals surface area contributed by atoms with Gasteiger partial charge in [-0.1, -0.05) is 0 Å². The lowest BCUT2D eigenvalue weighted by Gasteiger charge is -2.42. The highest BCUT2D eigenvalue weighted by atomic mass is 16.7. The smallest absolute Gasteiger partial charge is 0.335 e. The van der Waals surface area contributed by atoms with Gasteiger partial charge in [0.25, 0.3) is 0 Å². The van der Waals surface area contributed by atoms with Gasteiger partial charge in [0.1, 0.15) is 95.4 Å². The zero-order chi connectivity index (χ0) is 40.0. The van der Waals surface area contributed by atoms with Gasteiger partial charge in [-0.25, -0.2) is 4.79 Å². The van der Waals surface area contributed by atoms with E-state index >= 15 is 0 Å². The van der Waals surface area contributed by atoms with Crippen molar-refractivity contribution >= 4 is 16.9 Å². The topological polar surface area (TPSA) is 366 Å². The molecule has 0 unspecified atom stereocenters. The van der Waals surface area contributed by atoms with Crippen LogP contribution in [0.15, 0.2) is 45.6 Å². The molecule has 0 bridgehead atoms. The number of hydrogen-bond donors (Lipinski definition) is 13. The number of ether oxygens (including phenoxy) is 6. The molecule has 0 aliphatic carbocycles. The summed E-state index contributed by atoms with van der Waals surface area (Å²) in [6.07, 6.45) is -27.9. The molecule has 0 saturated carbocycles. The molecule has 3 fully saturated rings. The summed E-state index contributed by atoms with van der Waals surface area (Å²) >= 11 is 0. The number of carboxylic acid groups (broad SMARTS) is 1. The first-order chi connectivity index (χ1) is 26.0. The highest BCUT2D eigenvalue weighted by molar-refractivity contribution is 5.88. The third-order valence-electron chi connectivity index (χ3n) is 9.28. The predicted octanol–water partition coefficient (Wildman–Crippen LogP) is -4.85. The third-order valence-corrected chi connectivity index (χ3v) is 9.28. The summed E-state index contributed by atoms with van der Waals surface area (Å²) in [5, 5.41) is 132. The van der Waals surface area contributed by atoms with Crippen LogP contribution in [-0.2, 0) is 23.7 Å². The number of benzene rings is 2. The standard InChI is InChI=1S/C33H38O22/c34-7-14-17(37)20(40)24(44)31(52-14)49-8-15-18(38)21(41)25(45)33(53-15)54-28-19(39)16-12(36)5-11(6-13(16)51-27(28)9-1-3-10(35)4-2-9)50-32-26(46)22(42)23(43)29(55-32)30(47)48/h1-6,14-15,17-18,20-26,29,31-38,40-46H,7-8H2,(H,47,48)/t14-,15-,17-,18-,20-,21-,22+,23+,24+,25-,26-,29-,31+,32+,33-/m0/s1. The largest absolute Gasteiger partial charge is 0.508 e. The molecule has 3 aliphatic heterocycles. The number of carboxylic acids is 1. The minimum Gasteiger partial charge on any atom is -0.508 e. The second-order valence-corrected chi connectivity index (χ2v) is 13.0. The molecule has 2 aromatic carbocycles. The van der Waals surface area contributed by atoms with Gasteiger partial charge in [0.15, 0.2) is 18.2 Å². The number of fused-ring (bicyclic) bond motifs is 1. The molecule has 13 N–H and O–H groups in total. The molecule has 15 atom stereocenters. The van der Waals surface area contributed by atoms with Crippen LogP contribution >= 0.6 is 0 Å². The molecular formula is C33H38O22. The number of carbonyl (C=O) groups is 1. The predicted molar refractivity (Wildman–Crippen MR) is 173 cm³/mol. The van der Waals surface area contributed by atoms with E-state index < -0.39 is 145 Å². The minimum atomic E-state index is -2.06. The number of rotatable bonds is 10. The Morgan fingerprint density at radius 2 is 1.24 bits per heavy atom. The maximum atomic E-state index is 14.0. The van der Waals surface area contributed by atoms with Crippen molar-refractivity contribution in [3.05, 3.63) is 46.6 Å². The monoisotopic (exact) mass is 786 g/mol. The van der Waals surface area contributed by atoms with Crippen LogP contribution in [0.5, 0.6) is 23.0 Å². The Kier molecular flexibility index (Phi) is 11.8. The third kappa shape index (κ3) is 7.78.